The monoisotopic (exact) mass is 251 g/mol. The van der Waals surface area contributed by atoms with Crippen molar-refractivity contribution in [2.75, 3.05) is 13.7 Å². The van der Waals surface area contributed by atoms with Crippen molar-refractivity contribution in [2.45, 2.75) is 6.54 Å². The van der Waals surface area contributed by atoms with Gasteiger partial charge in [0.1, 0.15) is 0 Å². The first-order valence-electron chi connectivity index (χ1n) is 6.44. The summed E-state index contributed by atoms with van der Waals surface area (Å²) in [5.41, 5.74) is 3.51. The molecule has 3 heteroatoms. The maximum absolute atomic E-state index is 4.40. The molecule has 0 N–H and O–H groups in total. The molecule has 2 heterocycles. The molecule has 0 radical (unpaired) electrons. The Morgan fingerprint density at radius 1 is 1.11 bits per heavy atom. The number of hydrogen-bond acceptors (Lipinski definition) is 3. The summed E-state index contributed by atoms with van der Waals surface area (Å²) in [6.07, 6.45) is 6.07. The van der Waals surface area contributed by atoms with Crippen LogP contribution < -0.4 is 0 Å². The molecule has 1 aromatic carbocycles. The summed E-state index contributed by atoms with van der Waals surface area (Å²) in [4.78, 5) is 8.86. The van der Waals surface area contributed by atoms with Gasteiger partial charge in [-0.1, -0.05) is 24.3 Å². The van der Waals surface area contributed by atoms with E-state index in [1.165, 1.54) is 11.1 Å². The molecule has 19 heavy (non-hydrogen) atoms. The van der Waals surface area contributed by atoms with Crippen molar-refractivity contribution in [3.05, 3.63) is 66.6 Å². The lowest BCUT2D eigenvalue weighted by Crippen LogP contribution is -2.21. The molecule has 0 aliphatic carbocycles. The molecule has 0 unspecified atom stereocenters. The smallest absolute Gasteiger partial charge is 0.0894 e. The summed E-state index contributed by atoms with van der Waals surface area (Å²) < 4.78 is 0. The summed E-state index contributed by atoms with van der Waals surface area (Å²) in [5, 5.41) is 0. The van der Waals surface area contributed by atoms with E-state index in [-0.39, 0.29) is 0 Å². The Bertz CT molecular complexity index is 578. The largest absolute Gasteiger partial charge is 0.362 e. The van der Waals surface area contributed by atoms with E-state index in [1.54, 1.807) is 0 Å². The van der Waals surface area contributed by atoms with Crippen molar-refractivity contribution in [1.82, 2.24) is 14.8 Å². The van der Waals surface area contributed by atoms with Crippen LogP contribution in [0.3, 0.4) is 0 Å². The zero-order chi connectivity index (χ0) is 13.1. The normalized spacial score (nSPS) is 14.2. The van der Waals surface area contributed by atoms with Gasteiger partial charge in [-0.15, -0.1) is 0 Å². The Kier molecular flexibility index (Phi) is 3.19. The molecule has 1 aliphatic heterocycles. The predicted molar refractivity (Wildman–Crippen MR) is 77.0 cm³/mol. The molecule has 0 amide bonds. The van der Waals surface area contributed by atoms with Crippen LogP contribution in [0.25, 0.3) is 11.3 Å². The highest BCUT2D eigenvalue weighted by molar-refractivity contribution is 5.59. The van der Waals surface area contributed by atoms with E-state index >= 15 is 0 Å². The van der Waals surface area contributed by atoms with Gasteiger partial charge in [0.15, 0.2) is 0 Å². The second kappa shape index (κ2) is 5.14. The number of pyridine rings is 1. The van der Waals surface area contributed by atoms with Crippen LogP contribution in [-0.2, 0) is 6.54 Å². The van der Waals surface area contributed by atoms with Crippen LogP contribution in [0, 0.1) is 0 Å². The number of rotatable bonds is 3. The molecular weight excluding hydrogens is 234 g/mol. The Morgan fingerprint density at radius 2 is 2.05 bits per heavy atom. The van der Waals surface area contributed by atoms with Gasteiger partial charge < -0.3 is 9.80 Å². The number of benzene rings is 1. The SMILES string of the molecule is CN1C=CN(Cc2cccc(-c3ccccn3)c2)C1. The van der Waals surface area contributed by atoms with Crippen LogP contribution in [-0.4, -0.2) is 28.5 Å². The molecule has 0 saturated heterocycles. The third-order valence-corrected chi connectivity index (χ3v) is 3.21. The zero-order valence-electron chi connectivity index (χ0n) is 11.0. The van der Waals surface area contributed by atoms with Crippen molar-refractivity contribution in [2.24, 2.45) is 0 Å². The van der Waals surface area contributed by atoms with E-state index in [1.807, 2.05) is 24.4 Å². The minimum absolute atomic E-state index is 0.932. The van der Waals surface area contributed by atoms with Gasteiger partial charge in [-0.05, 0) is 23.8 Å². The van der Waals surface area contributed by atoms with Gasteiger partial charge in [-0.3, -0.25) is 4.98 Å². The third kappa shape index (κ3) is 2.76. The first-order valence-corrected chi connectivity index (χ1v) is 6.44. The Hall–Kier alpha value is -2.29. The number of aromatic nitrogens is 1. The van der Waals surface area contributed by atoms with Crippen molar-refractivity contribution >= 4 is 0 Å². The van der Waals surface area contributed by atoms with Crippen LogP contribution in [0.1, 0.15) is 5.56 Å². The van der Waals surface area contributed by atoms with E-state index in [2.05, 4.69) is 58.5 Å². The van der Waals surface area contributed by atoms with Gasteiger partial charge in [0, 0.05) is 37.8 Å². The predicted octanol–water partition coefficient (Wildman–Crippen LogP) is 2.92. The van der Waals surface area contributed by atoms with E-state index in [9.17, 15) is 0 Å². The first kappa shape index (κ1) is 11.8. The van der Waals surface area contributed by atoms with Crippen LogP contribution >= 0.6 is 0 Å². The molecule has 1 aliphatic rings. The second-order valence-corrected chi connectivity index (χ2v) is 4.86. The number of hydrogen-bond donors (Lipinski definition) is 0. The molecular formula is C16H17N3. The summed E-state index contributed by atoms with van der Waals surface area (Å²) >= 11 is 0. The van der Waals surface area contributed by atoms with Crippen LogP contribution in [0.2, 0.25) is 0 Å². The van der Waals surface area contributed by atoms with Gasteiger partial charge in [0.2, 0.25) is 0 Å². The Labute approximate surface area is 113 Å². The minimum Gasteiger partial charge on any atom is -0.362 e. The average molecular weight is 251 g/mol. The van der Waals surface area contributed by atoms with Gasteiger partial charge in [-0.2, -0.15) is 0 Å². The lowest BCUT2D eigenvalue weighted by molar-refractivity contribution is 0.291. The molecule has 0 saturated carbocycles. The maximum atomic E-state index is 4.40. The topological polar surface area (TPSA) is 19.4 Å². The summed E-state index contributed by atoms with van der Waals surface area (Å²) in [6.45, 7) is 1.88. The molecule has 0 bridgehead atoms. The second-order valence-electron chi connectivity index (χ2n) is 4.86. The van der Waals surface area contributed by atoms with Crippen molar-refractivity contribution < 1.29 is 0 Å². The molecule has 96 valence electrons. The fourth-order valence-corrected chi connectivity index (χ4v) is 2.29. The van der Waals surface area contributed by atoms with Gasteiger partial charge in [-0.25, -0.2) is 0 Å². The maximum Gasteiger partial charge on any atom is 0.0894 e. The van der Waals surface area contributed by atoms with E-state index in [0.29, 0.717) is 0 Å². The van der Waals surface area contributed by atoms with Gasteiger partial charge in [0.25, 0.3) is 0 Å². The Morgan fingerprint density at radius 3 is 2.79 bits per heavy atom. The van der Waals surface area contributed by atoms with E-state index in [0.717, 1.165) is 18.9 Å². The molecule has 3 nitrogen and oxygen atoms in total. The molecule has 3 rings (SSSR count). The highest BCUT2D eigenvalue weighted by atomic mass is 15.3. The standard InChI is InChI=1S/C16H17N3/c1-18-9-10-19(13-18)12-14-5-4-6-15(11-14)16-7-2-3-8-17-16/h2-11H,12-13H2,1H3. The fourth-order valence-electron chi connectivity index (χ4n) is 2.29. The molecule has 0 spiro atoms. The van der Waals surface area contributed by atoms with Crippen molar-refractivity contribution in [3.8, 4) is 11.3 Å². The first-order chi connectivity index (χ1) is 9.31. The Balaban J connectivity index is 1.79. The molecule has 2 aromatic rings. The lowest BCUT2D eigenvalue weighted by Gasteiger charge is -2.18. The summed E-state index contributed by atoms with van der Waals surface area (Å²) in [5.74, 6) is 0. The average Bonchev–Trinajstić information content (AvgIpc) is 2.85. The highest BCUT2D eigenvalue weighted by Gasteiger charge is 2.09. The lowest BCUT2D eigenvalue weighted by atomic mass is 10.1. The quantitative estimate of drug-likeness (QED) is 0.836. The van der Waals surface area contributed by atoms with Gasteiger partial charge >= 0.3 is 0 Å². The number of nitrogens with zero attached hydrogens (tertiary/aromatic N) is 3. The third-order valence-electron chi connectivity index (χ3n) is 3.21. The molecule has 1 aromatic heterocycles. The highest BCUT2D eigenvalue weighted by Crippen LogP contribution is 2.19. The summed E-state index contributed by atoms with van der Waals surface area (Å²) in [6, 6.07) is 14.6. The van der Waals surface area contributed by atoms with Crippen molar-refractivity contribution in [3.63, 3.8) is 0 Å². The summed E-state index contributed by atoms with van der Waals surface area (Å²) in [7, 11) is 2.08. The van der Waals surface area contributed by atoms with E-state index in [4.69, 9.17) is 0 Å². The van der Waals surface area contributed by atoms with E-state index < -0.39 is 0 Å². The van der Waals surface area contributed by atoms with Crippen molar-refractivity contribution in [1.29, 1.82) is 0 Å². The van der Waals surface area contributed by atoms with Gasteiger partial charge in [0.05, 0.1) is 12.4 Å². The molecule has 0 atom stereocenters. The van der Waals surface area contributed by atoms with Crippen LogP contribution in [0.4, 0.5) is 0 Å². The fraction of sp³-hybridized carbons (Fsp3) is 0.188. The van der Waals surface area contributed by atoms with Crippen LogP contribution in [0.15, 0.2) is 61.1 Å². The van der Waals surface area contributed by atoms with Crippen LogP contribution in [0.5, 0.6) is 0 Å². The zero-order valence-corrected chi connectivity index (χ0v) is 11.0. The molecule has 0 fully saturated rings. The minimum atomic E-state index is 0.932.